The maximum atomic E-state index is 13.3. The Hall–Kier alpha value is -3.36. The molecule has 0 bridgehead atoms. The summed E-state index contributed by atoms with van der Waals surface area (Å²) in [6.07, 6.45) is 0. The number of ether oxygens (including phenoxy) is 1. The van der Waals surface area contributed by atoms with Gasteiger partial charge in [-0.2, -0.15) is 0 Å². The first kappa shape index (κ1) is 24.3. The number of hydrogen-bond acceptors (Lipinski definition) is 5. The van der Waals surface area contributed by atoms with Gasteiger partial charge in [0, 0.05) is 10.7 Å². The maximum absolute atomic E-state index is 13.3. The number of esters is 1. The van der Waals surface area contributed by atoms with Crippen LogP contribution in [0.15, 0.2) is 77.7 Å². The molecule has 0 unspecified atom stereocenters. The molecule has 3 aromatic rings. The minimum atomic E-state index is -4.04. The second-order valence-corrected chi connectivity index (χ2v) is 9.40. The molecular formula is C24H23ClN2O5S. The van der Waals surface area contributed by atoms with Crippen molar-refractivity contribution in [1.82, 2.24) is 0 Å². The minimum absolute atomic E-state index is 0.0125. The van der Waals surface area contributed by atoms with Gasteiger partial charge >= 0.3 is 5.97 Å². The third kappa shape index (κ3) is 5.91. The first-order chi connectivity index (χ1) is 15.7. The zero-order chi connectivity index (χ0) is 24.0. The molecule has 0 aliphatic rings. The van der Waals surface area contributed by atoms with Crippen molar-refractivity contribution < 1.29 is 22.7 Å². The monoisotopic (exact) mass is 486 g/mol. The zero-order valence-electron chi connectivity index (χ0n) is 18.1. The molecule has 3 rings (SSSR count). The number of carbonyl (C=O) groups is 2. The molecule has 0 fully saturated rings. The lowest BCUT2D eigenvalue weighted by Gasteiger charge is -2.24. The van der Waals surface area contributed by atoms with Gasteiger partial charge in [-0.15, -0.1) is 0 Å². The van der Waals surface area contributed by atoms with Crippen molar-refractivity contribution in [1.29, 1.82) is 0 Å². The summed E-state index contributed by atoms with van der Waals surface area (Å²) in [5.41, 5.74) is 1.81. The van der Waals surface area contributed by atoms with Gasteiger partial charge in [0.25, 0.3) is 10.0 Å². The fourth-order valence-corrected chi connectivity index (χ4v) is 4.66. The van der Waals surface area contributed by atoms with E-state index in [0.717, 1.165) is 4.31 Å². The number of rotatable bonds is 8. The van der Waals surface area contributed by atoms with E-state index in [9.17, 15) is 18.0 Å². The Balaban J connectivity index is 1.86. The molecule has 0 heterocycles. The third-order valence-corrected chi connectivity index (χ3v) is 6.78. The molecule has 9 heteroatoms. The van der Waals surface area contributed by atoms with Crippen LogP contribution in [0.1, 0.15) is 22.8 Å². The van der Waals surface area contributed by atoms with Gasteiger partial charge < -0.3 is 10.1 Å². The van der Waals surface area contributed by atoms with E-state index >= 15 is 0 Å². The van der Waals surface area contributed by atoms with Gasteiger partial charge in [0.2, 0.25) is 5.91 Å². The Labute approximate surface area is 198 Å². The highest BCUT2D eigenvalue weighted by Gasteiger charge is 2.27. The van der Waals surface area contributed by atoms with Crippen LogP contribution in [0.5, 0.6) is 0 Å². The van der Waals surface area contributed by atoms with Crippen LogP contribution in [0.3, 0.4) is 0 Å². The lowest BCUT2D eigenvalue weighted by Crippen LogP contribution is -2.38. The second kappa shape index (κ2) is 10.5. The van der Waals surface area contributed by atoms with Crippen molar-refractivity contribution in [3.8, 4) is 0 Å². The summed E-state index contributed by atoms with van der Waals surface area (Å²) in [4.78, 5) is 24.8. The number of para-hydroxylation sites is 1. The number of aryl methyl sites for hydroxylation is 1. The SMILES string of the molecule is CCOC(=O)c1ccc(NC(=O)CN(c2ccccc2)S(=O)(=O)c2ccc(Cl)cc2)c(C)c1. The van der Waals surface area contributed by atoms with Gasteiger partial charge in [-0.25, -0.2) is 13.2 Å². The van der Waals surface area contributed by atoms with Crippen molar-refractivity contribution in [2.45, 2.75) is 18.7 Å². The molecule has 0 aromatic heterocycles. The third-order valence-electron chi connectivity index (χ3n) is 4.74. The number of carbonyl (C=O) groups excluding carboxylic acids is 2. The van der Waals surface area contributed by atoms with E-state index in [1.54, 1.807) is 62.4 Å². The molecule has 0 saturated heterocycles. The van der Waals surface area contributed by atoms with E-state index < -0.39 is 28.4 Å². The summed E-state index contributed by atoms with van der Waals surface area (Å²) >= 11 is 5.89. The molecule has 7 nitrogen and oxygen atoms in total. The number of benzene rings is 3. The molecular weight excluding hydrogens is 464 g/mol. The van der Waals surface area contributed by atoms with Gasteiger partial charge in [0.15, 0.2) is 0 Å². The molecule has 0 aliphatic heterocycles. The van der Waals surface area contributed by atoms with Crippen LogP contribution < -0.4 is 9.62 Å². The van der Waals surface area contributed by atoms with Crippen LogP contribution in [-0.2, 0) is 19.6 Å². The molecule has 0 saturated carbocycles. The number of sulfonamides is 1. The van der Waals surface area contributed by atoms with Crippen molar-refractivity contribution in [2.24, 2.45) is 0 Å². The first-order valence-electron chi connectivity index (χ1n) is 10.1. The topological polar surface area (TPSA) is 92.8 Å². The smallest absolute Gasteiger partial charge is 0.338 e. The van der Waals surface area contributed by atoms with Gasteiger partial charge in [-0.05, 0) is 74.0 Å². The highest BCUT2D eigenvalue weighted by Crippen LogP contribution is 2.25. The van der Waals surface area contributed by atoms with E-state index in [1.807, 2.05) is 0 Å². The largest absolute Gasteiger partial charge is 0.462 e. The van der Waals surface area contributed by atoms with Crippen LogP contribution in [0.25, 0.3) is 0 Å². The van der Waals surface area contributed by atoms with E-state index in [4.69, 9.17) is 16.3 Å². The highest BCUT2D eigenvalue weighted by molar-refractivity contribution is 7.92. The average Bonchev–Trinajstić information content (AvgIpc) is 2.79. The van der Waals surface area contributed by atoms with Crippen molar-refractivity contribution >= 4 is 44.9 Å². The summed E-state index contributed by atoms with van der Waals surface area (Å²) < 4.78 is 32.7. The predicted octanol–water partition coefficient (Wildman–Crippen LogP) is 4.66. The first-order valence-corrected chi connectivity index (χ1v) is 11.9. The molecule has 3 aromatic carbocycles. The van der Waals surface area contributed by atoms with Crippen LogP contribution in [0.2, 0.25) is 5.02 Å². The van der Waals surface area contributed by atoms with E-state index in [0.29, 0.717) is 27.5 Å². The average molecular weight is 487 g/mol. The fraction of sp³-hybridized carbons (Fsp3) is 0.167. The molecule has 172 valence electrons. The van der Waals surface area contributed by atoms with Crippen LogP contribution in [0, 0.1) is 6.92 Å². The zero-order valence-corrected chi connectivity index (χ0v) is 19.7. The fourth-order valence-electron chi connectivity index (χ4n) is 3.11. The molecule has 0 spiro atoms. The molecule has 0 radical (unpaired) electrons. The minimum Gasteiger partial charge on any atom is -0.462 e. The molecule has 33 heavy (non-hydrogen) atoms. The summed E-state index contributed by atoms with van der Waals surface area (Å²) in [6.45, 7) is 3.26. The van der Waals surface area contributed by atoms with Gasteiger partial charge in [0.05, 0.1) is 22.8 Å². The van der Waals surface area contributed by atoms with Crippen molar-refractivity contribution in [3.63, 3.8) is 0 Å². The Morgan fingerprint density at radius 3 is 2.27 bits per heavy atom. The predicted molar refractivity (Wildman–Crippen MR) is 128 cm³/mol. The van der Waals surface area contributed by atoms with Crippen LogP contribution in [0.4, 0.5) is 11.4 Å². The Bertz CT molecular complexity index is 1250. The van der Waals surface area contributed by atoms with Gasteiger partial charge in [-0.1, -0.05) is 29.8 Å². The molecule has 1 amide bonds. The van der Waals surface area contributed by atoms with E-state index in [1.165, 1.54) is 24.3 Å². The number of amides is 1. The van der Waals surface area contributed by atoms with Gasteiger partial charge in [0.1, 0.15) is 6.54 Å². The normalized spacial score (nSPS) is 11.0. The van der Waals surface area contributed by atoms with Crippen LogP contribution in [-0.4, -0.2) is 33.4 Å². The summed E-state index contributed by atoms with van der Waals surface area (Å²) in [6, 6.07) is 18.8. The number of hydrogen-bond donors (Lipinski definition) is 1. The number of halogens is 1. The standard InChI is InChI=1S/C24H23ClN2O5S/c1-3-32-24(29)18-9-14-22(17(2)15-18)26-23(28)16-27(20-7-5-4-6-8-20)33(30,31)21-12-10-19(25)11-13-21/h4-15H,3,16H2,1-2H3,(H,26,28). The van der Waals surface area contributed by atoms with Crippen molar-refractivity contribution in [3.05, 3.63) is 88.9 Å². The maximum Gasteiger partial charge on any atom is 0.338 e. The Morgan fingerprint density at radius 2 is 1.67 bits per heavy atom. The lowest BCUT2D eigenvalue weighted by atomic mass is 10.1. The van der Waals surface area contributed by atoms with Crippen LogP contribution >= 0.6 is 11.6 Å². The number of anilines is 2. The summed E-state index contributed by atoms with van der Waals surface area (Å²) in [5.74, 6) is -0.994. The Kier molecular flexibility index (Phi) is 7.73. The Morgan fingerprint density at radius 1 is 1.00 bits per heavy atom. The molecule has 0 aliphatic carbocycles. The second-order valence-electron chi connectivity index (χ2n) is 7.10. The van der Waals surface area contributed by atoms with Gasteiger partial charge in [-0.3, -0.25) is 9.10 Å². The highest BCUT2D eigenvalue weighted by atomic mass is 35.5. The number of nitrogens with one attached hydrogen (secondary N) is 1. The van der Waals surface area contributed by atoms with E-state index in [2.05, 4.69) is 5.32 Å². The summed E-state index contributed by atoms with van der Waals surface area (Å²) in [5, 5.41) is 3.13. The molecule has 1 N–H and O–H groups in total. The summed E-state index contributed by atoms with van der Waals surface area (Å²) in [7, 11) is -4.04. The van der Waals surface area contributed by atoms with Crippen molar-refractivity contribution in [2.75, 3.05) is 22.8 Å². The van der Waals surface area contributed by atoms with E-state index in [-0.39, 0.29) is 11.5 Å². The number of nitrogens with zero attached hydrogens (tertiary/aromatic N) is 1. The quantitative estimate of drug-likeness (QED) is 0.467. The molecule has 0 atom stereocenters. The lowest BCUT2D eigenvalue weighted by molar-refractivity contribution is -0.114.